The minimum atomic E-state index is -3.59. The number of hydrogen-bond acceptors (Lipinski definition) is 6. The highest BCUT2D eigenvalue weighted by Crippen LogP contribution is 2.29. The molecule has 142 valence electrons. The van der Waals surface area contributed by atoms with Crippen molar-refractivity contribution in [1.82, 2.24) is 10.3 Å². The summed E-state index contributed by atoms with van der Waals surface area (Å²) in [7, 11) is -3.59. The van der Waals surface area contributed by atoms with E-state index in [1.807, 2.05) is 17.5 Å². The van der Waals surface area contributed by atoms with E-state index in [9.17, 15) is 13.2 Å². The fourth-order valence-electron chi connectivity index (χ4n) is 3.10. The second-order valence-corrected chi connectivity index (χ2v) is 11.2. The summed E-state index contributed by atoms with van der Waals surface area (Å²) in [5, 5.41) is 6.41. The zero-order valence-corrected chi connectivity index (χ0v) is 17.4. The van der Waals surface area contributed by atoms with Gasteiger partial charge in [0.1, 0.15) is 10.3 Å². The van der Waals surface area contributed by atoms with Gasteiger partial charge in [-0.05, 0) is 50.0 Å². The van der Waals surface area contributed by atoms with Crippen molar-refractivity contribution in [2.24, 2.45) is 5.92 Å². The number of thiophene rings is 1. The molecule has 1 saturated carbocycles. The smallest absolute Gasteiger partial charge is 0.238 e. The first-order valence-electron chi connectivity index (χ1n) is 8.85. The Hall–Kier alpha value is -1.25. The molecule has 1 amide bonds. The van der Waals surface area contributed by atoms with E-state index in [0.717, 1.165) is 35.6 Å². The predicted molar refractivity (Wildman–Crippen MR) is 107 cm³/mol. The average molecular weight is 413 g/mol. The lowest BCUT2D eigenvalue weighted by atomic mass is 9.87. The van der Waals surface area contributed by atoms with Crippen molar-refractivity contribution in [2.75, 3.05) is 0 Å². The summed E-state index contributed by atoms with van der Waals surface area (Å²) in [4.78, 5) is 17.9. The van der Waals surface area contributed by atoms with Gasteiger partial charge < -0.3 is 5.32 Å². The van der Waals surface area contributed by atoms with Crippen LogP contribution in [0.3, 0.4) is 0 Å². The molecule has 0 aliphatic heterocycles. The van der Waals surface area contributed by atoms with Crippen LogP contribution in [-0.2, 0) is 20.4 Å². The quantitative estimate of drug-likeness (QED) is 0.781. The fourth-order valence-corrected chi connectivity index (χ4v) is 6.05. The molecule has 0 saturated heterocycles. The highest BCUT2D eigenvalue weighted by Gasteiger charge is 2.31. The Balaban J connectivity index is 1.61. The van der Waals surface area contributed by atoms with Crippen LogP contribution in [0.1, 0.15) is 45.2 Å². The minimum absolute atomic E-state index is 0.0982. The summed E-state index contributed by atoms with van der Waals surface area (Å²) in [6, 6.07) is 4.00. The maximum atomic E-state index is 12.6. The van der Waals surface area contributed by atoms with Gasteiger partial charge in [0.15, 0.2) is 9.84 Å². The zero-order valence-electron chi connectivity index (χ0n) is 15.0. The van der Waals surface area contributed by atoms with Gasteiger partial charge in [0.05, 0.1) is 16.3 Å². The highest BCUT2D eigenvalue weighted by atomic mass is 32.2. The molecule has 3 rings (SSSR count). The number of rotatable bonds is 6. The van der Waals surface area contributed by atoms with Crippen molar-refractivity contribution in [3.05, 3.63) is 28.6 Å². The number of thiazole rings is 1. The summed E-state index contributed by atoms with van der Waals surface area (Å²) < 4.78 is 25.3. The molecule has 1 N–H and O–H groups in total. The van der Waals surface area contributed by atoms with Crippen LogP contribution in [0, 0.1) is 5.92 Å². The third-order valence-electron chi connectivity index (χ3n) is 4.90. The summed E-state index contributed by atoms with van der Waals surface area (Å²) in [6.07, 6.45) is 4.01. The molecule has 2 aromatic heterocycles. The van der Waals surface area contributed by atoms with E-state index in [1.54, 1.807) is 16.7 Å². The number of nitrogens with zero attached hydrogens (tertiary/aromatic N) is 1. The molecule has 8 heteroatoms. The van der Waals surface area contributed by atoms with Gasteiger partial charge in [-0.1, -0.05) is 13.0 Å². The van der Waals surface area contributed by atoms with Gasteiger partial charge in [-0.2, -0.15) is 0 Å². The molecule has 1 atom stereocenters. The number of nitrogens with one attached hydrogen (secondary N) is 1. The Bertz CT molecular complexity index is 835. The molecule has 1 fully saturated rings. The third-order valence-corrected chi connectivity index (χ3v) is 8.82. The molecule has 2 heterocycles. The number of hydrogen-bond donors (Lipinski definition) is 1. The van der Waals surface area contributed by atoms with E-state index < -0.39 is 21.0 Å². The molecular weight excluding hydrogens is 388 g/mol. The van der Waals surface area contributed by atoms with Crippen LogP contribution < -0.4 is 5.32 Å². The second kappa shape index (κ2) is 8.19. The topological polar surface area (TPSA) is 76.1 Å². The van der Waals surface area contributed by atoms with Crippen LogP contribution in [0.15, 0.2) is 22.9 Å². The normalized spacial score (nSPS) is 22.1. The molecule has 0 spiro atoms. The van der Waals surface area contributed by atoms with E-state index in [2.05, 4.69) is 17.2 Å². The molecule has 26 heavy (non-hydrogen) atoms. The number of sulfone groups is 1. The van der Waals surface area contributed by atoms with Crippen molar-refractivity contribution < 1.29 is 13.2 Å². The Morgan fingerprint density at radius 2 is 2.04 bits per heavy atom. The van der Waals surface area contributed by atoms with Crippen molar-refractivity contribution in [2.45, 2.75) is 56.6 Å². The molecule has 0 unspecified atom stereocenters. The van der Waals surface area contributed by atoms with Gasteiger partial charge >= 0.3 is 0 Å². The summed E-state index contributed by atoms with van der Waals surface area (Å²) in [6.45, 7) is 3.69. The monoisotopic (exact) mass is 412 g/mol. The number of amides is 1. The van der Waals surface area contributed by atoms with Gasteiger partial charge in [-0.15, -0.1) is 22.7 Å². The molecule has 1 aliphatic rings. The Morgan fingerprint density at radius 3 is 2.69 bits per heavy atom. The largest absolute Gasteiger partial charge is 0.352 e. The maximum absolute atomic E-state index is 12.6. The van der Waals surface area contributed by atoms with Crippen molar-refractivity contribution in [3.8, 4) is 9.88 Å². The van der Waals surface area contributed by atoms with E-state index >= 15 is 0 Å². The molecule has 5 nitrogen and oxygen atoms in total. The summed E-state index contributed by atoms with van der Waals surface area (Å²) in [5.74, 6) is 0.0929. The summed E-state index contributed by atoms with van der Waals surface area (Å²) >= 11 is 3.00. The van der Waals surface area contributed by atoms with Crippen molar-refractivity contribution in [3.63, 3.8) is 0 Å². The molecular formula is C18H24N2O3S3. The van der Waals surface area contributed by atoms with E-state index in [1.165, 1.54) is 18.3 Å². The van der Waals surface area contributed by atoms with Crippen LogP contribution in [-0.4, -0.2) is 30.6 Å². The SMILES string of the molecule is CC1CCC(NC(=O)[C@H](C)S(=O)(=O)Cc2csc(-c3cccs3)n2)CC1. The molecule has 2 aromatic rings. The highest BCUT2D eigenvalue weighted by molar-refractivity contribution is 7.92. The van der Waals surface area contributed by atoms with E-state index in [-0.39, 0.29) is 11.8 Å². The first-order chi connectivity index (χ1) is 12.3. The lowest BCUT2D eigenvalue weighted by molar-refractivity contribution is -0.121. The Labute approximate surface area is 162 Å². The van der Waals surface area contributed by atoms with Crippen LogP contribution in [0.25, 0.3) is 9.88 Å². The van der Waals surface area contributed by atoms with Gasteiger partial charge in [-0.3, -0.25) is 4.79 Å². The van der Waals surface area contributed by atoms with Gasteiger partial charge in [0, 0.05) is 11.4 Å². The first-order valence-corrected chi connectivity index (χ1v) is 12.3. The van der Waals surface area contributed by atoms with Crippen LogP contribution in [0.4, 0.5) is 0 Å². The number of aromatic nitrogens is 1. The Kier molecular flexibility index (Phi) is 6.14. The molecule has 1 aliphatic carbocycles. The molecule has 0 radical (unpaired) electrons. The maximum Gasteiger partial charge on any atom is 0.238 e. The predicted octanol–water partition coefficient (Wildman–Crippen LogP) is 3.87. The van der Waals surface area contributed by atoms with Crippen molar-refractivity contribution >= 4 is 38.4 Å². The van der Waals surface area contributed by atoms with Gasteiger partial charge in [0.2, 0.25) is 5.91 Å². The standard InChI is InChI=1S/C18H24N2O3S3/c1-12-5-7-14(8-6-12)19-17(21)13(2)26(22,23)11-15-10-25-18(20-15)16-4-3-9-24-16/h3-4,9-10,12-14H,5-8,11H2,1-2H3,(H,19,21)/t12?,13-,14?/m0/s1. The fraction of sp³-hybridized carbons (Fsp3) is 0.556. The number of carbonyl (C=O) groups is 1. The average Bonchev–Trinajstić information content (AvgIpc) is 3.27. The molecule has 0 aromatic carbocycles. The summed E-state index contributed by atoms with van der Waals surface area (Å²) in [5.41, 5.74) is 0.504. The van der Waals surface area contributed by atoms with E-state index in [0.29, 0.717) is 11.6 Å². The minimum Gasteiger partial charge on any atom is -0.352 e. The van der Waals surface area contributed by atoms with Crippen LogP contribution >= 0.6 is 22.7 Å². The van der Waals surface area contributed by atoms with E-state index in [4.69, 9.17) is 0 Å². The number of carbonyl (C=O) groups excluding carboxylic acids is 1. The first kappa shape index (κ1) is 19.5. The van der Waals surface area contributed by atoms with Crippen molar-refractivity contribution in [1.29, 1.82) is 0 Å². The van der Waals surface area contributed by atoms with Gasteiger partial charge in [-0.25, -0.2) is 13.4 Å². The third kappa shape index (κ3) is 4.72. The lowest BCUT2D eigenvalue weighted by Crippen LogP contribution is -2.44. The molecule has 0 bridgehead atoms. The second-order valence-electron chi connectivity index (χ2n) is 7.04. The van der Waals surface area contributed by atoms with Gasteiger partial charge in [0.25, 0.3) is 0 Å². The zero-order chi connectivity index (χ0) is 18.7. The Morgan fingerprint density at radius 1 is 1.31 bits per heavy atom. The van der Waals surface area contributed by atoms with Crippen LogP contribution in [0.5, 0.6) is 0 Å². The lowest BCUT2D eigenvalue weighted by Gasteiger charge is -2.27. The van der Waals surface area contributed by atoms with Crippen LogP contribution in [0.2, 0.25) is 0 Å².